The van der Waals surface area contributed by atoms with Gasteiger partial charge in [-0.3, -0.25) is 0 Å². The number of benzene rings is 2. The van der Waals surface area contributed by atoms with Crippen molar-refractivity contribution in [3.8, 4) is 16.9 Å². The van der Waals surface area contributed by atoms with Gasteiger partial charge >= 0.3 is 0 Å². The van der Waals surface area contributed by atoms with Gasteiger partial charge in [-0.05, 0) is 23.8 Å². The van der Waals surface area contributed by atoms with Crippen molar-refractivity contribution < 1.29 is 4.74 Å². The number of methoxy groups -OCH3 is 1. The summed E-state index contributed by atoms with van der Waals surface area (Å²) >= 11 is 0. The van der Waals surface area contributed by atoms with Crippen molar-refractivity contribution in [3.63, 3.8) is 0 Å². The molecule has 15 heavy (non-hydrogen) atoms. The van der Waals surface area contributed by atoms with E-state index in [1.54, 1.807) is 7.11 Å². The van der Waals surface area contributed by atoms with Crippen molar-refractivity contribution in [1.82, 2.24) is 0 Å². The van der Waals surface area contributed by atoms with E-state index in [1.165, 1.54) is 0 Å². The molecule has 2 aromatic carbocycles. The molecule has 0 atom stereocenters. The molecule has 2 nitrogen and oxygen atoms in total. The normalized spacial score (nSPS) is 9.93. The lowest BCUT2D eigenvalue weighted by atomic mass is 10.0. The quantitative estimate of drug-likeness (QED) is 0.755. The molecular formula is C13H13NO. The Morgan fingerprint density at radius 2 is 1.60 bits per heavy atom. The SMILES string of the molecule is COc1ccc(-c2ccccc2N)cc1. The molecule has 0 radical (unpaired) electrons. The van der Waals surface area contributed by atoms with E-state index in [0.29, 0.717) is 0 Å². The maximum Gasteiger partial charge on any atom is 0.118 e. The van der Waals surface area contributed by atoms with E-state index in [4.69, 9.17) is 10.5 Å². The smallest absolute Gasteiger partial charge is 0.118 e. The molecule has 0 spiro atoms. The number of hydrogen-bond acceptors (Lipinski definition) is 2. The van der Waals surface area contributed by atoms with E-state index >= 15 is 0 Å². The van der Waals surface area contributed by atoms with E-state index in [2.05, 4.69) is 0 Å². The molecule has 2 N–H and O–H groups in total. The third-order valence-electron chi connectivity index (χ3n) is 2.36. The Bertz CT molecular complexity index is 448. The minimum atomic E-state index is 0.794. The Hall–Kier alpha value is -1.96. The fourth-order valence-corrected chi connectivity index (χ4v) is 1.53. The number of anilines is 1. The van der Waals surface area contributed by atoms with Gasteiger partial charge in [0.25, 0.3) is 0 Å². The van der Waals surface area contributed by atoms with Gasteiger partial charge in [-0.15, -0.1) is 0 Å². The van der Waals surface area contributed by atoms with Crippen molar-refractivity contribution in [3.05, 3.63) is 48.5 Å². The molecule has 0 unspecified atom stereocenters. The largest absolute Gasteiger partial charge is 0.497 e. The molecule has 2 heteroatoms. The maximum absolute atomic E-state index is 5.89. The Kier molecular flexibility index (Phi) is 2.59. The summed E-state index contributed by atoms with van der Waals surface area (Å²) in [5.74, 6) is 0.855. The summed E-state index contributed by atoms with van der Waals surface area (Å²) in [5.41, 5.74) is 8.85. The van der Waals surface area contributed by atoms with E-state index in [0.717, 1.165) is 22.6 Å². The molecule has 0 aliphatic heterocycles. The highest BCUT2D eigenvalue weighted by atomic mass is 16.5. The molecule has 0 heterocycles. The highest BCUT2D eigenvalue weighted by molar-refractivity contribution is 5.76. The van der Waals surface area contributed by atoms with Crippen molar-refractivity contribution in [2.45, 2.75) is 0 Å². The topological polar surface area (TPSA) is 35.2 Å². The van der Waals surface area contributed by atoms with Crippen LogP contribution in [0, 0.1) is 0 Å². The van der Waals surface area contributed by atoms with Crippen LogP contribution < -0.4 is 10.5 Å². The highest BCUT2D eigenvalue weighted by Crippen LogP contribution is 2.26. The monoisotopic (exact) mass is 199 g/mol. The highest BCUT2D eigenvalue weighted by Gasteiger charge is 2.00. The summed E-state index contributed by atoms with van der Waals surface area (Å²) < 4.78 is 5.10. The number of nitrogens with two attached hydrogens (primary N) is 1. The third-order valence-corrected chi connectivity index (χ3v) is 2.36. The van der Waals surface area contributed by atoms with Crippen LogP contribution >= 0.6 is 0 Å². The van der Waals surface area contributed by atoms with E-state index < -0.39 is 0 Å². The lowest BCUT2D eigenvalue weighted by molar-refractivity contribution is 0.415. The molecule has 76 valence electrons. The Morgan fingerprint density at radius 3 is 2.20 bits per heavy atom. The van der Waals surface area contributed by atoms with Crippen LogP contribution in [0.15, 0.2) is 48.5 Å². The van der Waals surface area contributed by atoms with Gasteiger partial charge in [-0.2, -0.15) is 0 Å². The van der Waals surface area contributed by atoms with Crippen molar-refractivity contribution >= 4 is 5.69 Å². The number of nitrogen functional groups attached to an aromatic ring is 1. The predicted octanol–water partition coefficient (Wildman–Crippen LogP) is 2.94. The van der Waals surface area contributed by atoms with Gasteiger partial charge < -0.3 is 10.5 Å². The van der Waals surface area contributed by atoms with Crippen LogP contribution in [-0.2, 0) is 0 Å². The van der Waals surface area contributed by atoms with Crippen LogP contribution in [0.1, 0.15) is 0 Å². The summed E-state index contributed by atoms with van der Waals surface area (Å²) in [5, 5.41) is 0. The average Bonchev–Trinajstić information content (AvgIpc) is 2.30. The van der Waals surface area contributed by atoms with E-state index in [-0.39, 0.29) is 0 Å². The zero-order chi connectivity index (χ0) is 10.7. The first-order chi connectivity index (χ1) is 7.31. The minimum absolute atomic E-state index is 0.794. The van der Waals surface area contributed by atoms with Crippen LogP contribution in [0.3, 0.4) is 0 Å². The van der Waals surface area contributed by atoms with Crippen LogP contribution in [0.5, 0.6) is 5.75 Å². The van der Waals surface area contributed by atoms with E-state index in [9.17, 15) is 0 Å². The Morgan fingerprint density at radius 1 is 0.933 bits per heavy atom. The van der Waals surface area contributed by atoms with Gasteiger partial charge in [0.1, 0.15) is 5.75 Å². The van der Waals surface area contributed by atoms with Crippen molar-refractivity contribution in [2.24, 2.45) is 0 Å². The second-order valence-electron chi connectivity index (χ2n) is 3.32. The molecule has 0 aromatic heterocycles. The van der Waals surface area contributed by atoms with Gasteiger partial charge in [0.2, 0.25) is 0 Å². The Balaban J connectivity index is 2.42. The second-order valence-corrected chi connectivity index (χ2v) is 3.32. The summed E-state index contributed by atoms with van der Waals surface area (Å²) in [6, 6.07) is 15.7. The fourth-order valence-electron chi connectivity index (χ4n) is 1.53. The lowest BCUT2D eigenvalue weighted by Crippen LogP contribution is -1.89. The van der Waals surface area contributed by atoms with Gasteiger partial charge in [0.05, 0.1) is 7.11 Å². The fraction of sp³-hybridized carbons (Fsp3) is 0.0769. The number of para-hydroxylation sites is 1. The van der Waals surface area contributed by atoms with Crippen LogP contribution in [0.25, 0.3) is 11.1 Å². The summed E-state index contributed by atoms with van der Waals surface area (Å²) in [7, 11) is 1.66. The molecule has 0 aliphatic rings. The molecule has 0 saturated carbocycles. The molecule has 0 aliphatic carbocycles. The van der Waals surface area contributed by atoms with Gasteiger partial charge in [0, 0.05) is 11.3 Å². The summed E-state index contributed by atoms with van der Waals surface area (Å²) in [4.78, 5) is 0. The van der Waals surface area contributed by atoms with Gasteiger partial charge in [0.15, 0.2) is 0 Å². The molecule has 0 bridgehead atoms. The second kappa shape index (κ2) is 4.05. The first-order valence-electron chi connectivity index (χ1n) is 4.80. The molecule has 2 rings (SSSR count). The van der Waals surface area contributed by atoms with Gasteiger partial charge in [-0.25, -0.2) is 0 Å². The maximum atomic E-state index is 5.89. The molecule has 2 aromatic rings. The number of ether oxygens (including phenoxy) is 1. The zero-order valence-electron chi connectivity index (χ0n) is 8.60. The zero-order valence-corrected chi connectivity index (χ0v) is 8.60. The molecular weight excluding hydrogens is 186 g/mol. The van der Waals surface area contributed by atoms with Crippen molar-refractivity contribution in [1.29, 1.82) is 0 Å². The molecule has 0 amide bonds. The molecule has 0 saturated heterocycles. The number of rotatable bonds is 2. The van der Waals surface area contributed by atoms with Crippen LogP contribution in [-0.4, -0.2) is 7.11 Å². The Labute approximate surface area is 89.3 Å². The van der Waals surface area contributed by atoms with Gasteiger partial charge in [-0.1, -0.05) is 30.3 Å². The average molecular weight is 199 g/mol. The standard InChI is InChI=1S/C13H13NO/c1-15-11-8-6-10(7-9-11)12-4-2-3-5-13(12)14/h2-9H,14H2,1H3. The first kappa shape index (κ1) is 9.59. The first-order valence-corrected chi connectivity index (χ1v) is 4.80. The molecule has 0 fully saturated rings. The summed E-state index contributed by atoms with van der Waals surface area (Å²) in [6.45, 7) is 0. The van der Waals surface area contributed by atoms with Crippen molar-refractivity contribution in [2.75, 3.05) is 12.8 Å². The minimum Gasteiger partial charge on any atom is -0.497 e. The number of hydrogen-bond donors (Lipinski definition) is 1. The third kappa shape index (κ3) is 1.94. The lowest BCUT2D eigenvalue weighted by Gasteiger charge is -2.06. The van der Waals surface area contributed by atoms with Crippen LogP contribution in [0.2, 0.25) is 0 Å². The summed E-state index contributed by atoms with van der Waals surface area (Å²) in [6.07, 6.45) is 0. The van der Waals surface area contributed by atoms with E-state index in [1.807, 2.05) is 48.5 Å². The predicted molar refractivity (Wildman–Crippen MR) is 62.8 cm³/mol. The van der Waals surface area contributed by atoms with Crippen LogP contribution in [0.4, 0.5) is 5.69 Å².